The van der Waals surface area contributed by atoms with Crippen LogP contribution >= 0.6 is 0 Å². The molecular formula is C28H31N3O5S. The third kappa shape index (κ3) is 5.34. The van der Waals surface area contributed by atoms with Gasteiger partial charge in [-0.15, -0.1) is 0 Å². The van der Waals surface area contributed by atoms with E-state index in [1.165, 1.54) is 4.31 Å². The number of methoxy groups -OCH3 is 1. The van der Waals surface area contributed by atoms with E-state index in [1.54, 1.807) is 36.3 Å². The Morgan fingerprint density at radius 3 is 2.32 bits per heavy atom. The van der Waals surface area contributed by atoms with Crippen LogP contribution in [-0.2, 0) is 28.0 Å². The van der Waals surface area contributed by atoms with Crippen LogP contribution < -0.4 is 9.46 Å². The van der Waals surface area contributed by atoms with Crippen molar-refractivity contribution in [1.82, 2.24) is 9.21 Å². The molecule has 0 spiro atoms. The van der Waals surface area contributed by atoms with Gasteiger partial charge in [0.1, 0.15) is 18.0 Å². The van der Waals surface area contributed by atoms with E-state index in [4.69, 9.17) is 9.47 Å². The SMILES string of the molecule is COC1CN(C(=O)c2cc(C)ccc2C)CC1Oc1cccc(NS(=O)(=O)N2Cc3ccccc3C2)c1. The lowest BCUT2D eigenvalue weighted by Crippen LogP contribution is -2.32. The minimum Gasteiger partial charge on any atom is -0.486 e. The third-order valence-electron chi connectivity index (χ3n) is 6.95. The Hall–Kier alpha value is -3.40. The predicted molar refractivity (Wildman–Crippen MR) is 142 cm³/mol. The molecule has 9 heteroatoms. The van der Waals surface area contributed by atoms with Gasteiger partial charge < -0.3 is 14.4 Å². The number of likely N-dealkylation sites (tertiary alicyclic amines) is 1. The summed E-state index contributed by atoms with van der Waals surface area (Å²) >= 11 is 0. The average molecular weight is 522 g/mol. The Balaban J connectivity index is 1.27. The zero-order valence-electron chi connectivity index (χ0n) is 21.2. The smallest absolute Gasteiger partial charge is 0.302 e. The van der Waals surface area contributed by atoms with Crippen molar-refractivity contribution in [3.63, 3.8) is 0 Å². The first-order valence-corrected chi connectivity index (χ1v) is 13.7. The summed E-state index contributed by atoms with van der Waals surface area (Å²) in [5, 5.41) is 0. The molecule has 0 radical (unpaired) electrons. The molecule has 0 aromatic heterocycles. The van der Waals surface area contributed by atoms with Crippen molar-refractivity contribution in [3.05, 3.63) is 94.5 Å². The second-order valence-electron chi connectivity index (χ2n) is 9.63. The Bertz CT molecular complexity index is 1400. The zero-order chi connectivity index (χ0) is 26.2. The van der Waals surface area contributed by atoms with Crippen LogP contribution in [0.1, 0.15) is 32.6 Å². The van der Waals surface area contributed by atoms with Gasteiger partial charge in [0.15, 0.2) is 0 Å². The van der Waals surface area contributed by atoms with Gasteiger partial charge in [0, 0.05) is 31.8 Å². The monoisotopic (exact) mass is 521 g/mol. The Morgan fingerprint density at radius 2 is 1.62 bits per heavy atom. The van der Waals surface area contributed by atoms with Crippen LogP contribution in [0.2, 0.25) is 0 Å². The van der Waals surface area contributed by atoms with Gasteiger partial charge in [0.2, 0.25) is 0 Å². The van der Waals surface area contributed by atoms with Gasteiger partial charge >= 0.3 is 10.2 Å². The molecular weight excluding hydrogens is 490 g/mol. The maximum absolute atomic E-state index is 13.2. The molecule has 1 N–H and O–H groups in total. The predicted octanol–water partition coefficient (Wildman–Crippen LogP) is 3.89. The van der Waals surface area contributed by atoms with Crippen molar-refractivity contribution >= 4 is 21.8 Å². The fraction of sp³-hybridized carbons (Fsp3) is 0.321. The Kier molecular flexibility index (Phi) is 6.94. The topological polar surface area (TPSA) is 88.2 Å². The molecule has 3 aromatic carbocycles. The molecule has 1 fully saturated rings. The molecule has 0 bridgehead atoms. The number of carbonyl (C=O) groups excluding carboxylic acids is 1. The number of benzene rings is 3. The number of hydrogen-bond donors (Lipinski definition) is 1. The highest BCUT2D eigenvalue weighted by atomic mass is 32.2. The largest absolute Gasteiger partial charge is 0.486 e. The van der Waals surface area contributed by atoms with Gasteiger partial charge in [-0.25, -0.2) is 0 Å². The molecule has 8 nitrogen and oxygen atoms in total. The summed E-state index contributed by atoms with van der Waals surface area (Å²) < 4.78 is 42.0. The number of amides is 1. The van der Waals surface area contributed by atoms with Crippen molar-refractivity contribution in [3.8, 4) is 5.75 Å². The number of ether oxygens (including phenoxy) is 2. The van der Waals surface area contributed by atoms with Gasteiger partial charge in [-0.3, -0.25) is 9.52 Å². The van der Waals surface area contributed by atoms with Gasteiger partial charge in [0.05, 0.1) is 18.8 Å². The van der Waals surface area contributed by atoms with Gasteiger partial charge in [-0.1, -0.05) is 48.0 Å². The lowest BCUT2D eigenvalue weighted by molar-refractivity contribution is 0.0340. The van der Waals surface area contributed by atoms with Crippen LogP contribution in [0.25, 0.3) is 0 Å². The molecule has 2 aliphatic rings. The maximum atomic E-state index is 13.2. The molecule has 37 heavy (non-hydrogen) atoms. The molecule has 2 atom stereocenters. The van der Waals surface area contributed by atoms with Crippen LogP contribution in [0, 0.1) is 13.8 Å². The van der Waals surface area contributed by atoms with Gasteiger partial charge in [0.25, 0.3) is 5.91 Å². The molecule has 2 unspecified atom stereocenters. The Morgan fingerprint density at radius 1 is 0.919 bits per heavy atom. The number of fused-ring (bicyclic) bond motifs is 1. The number of rotatable bonds is 7. The van der Waals surface area contributed by atoms with E-state index in [0.717, 1.165) is 22.3 Å². The number of carbonyl (C=O) groups is 1. The van der Waals surface area contributed by atoms with Crippen molar-refractivity contribution in [2.24, 2.45) is 0 Å². The number of nitrogens with one attached hydrogen (secondary N) is 1. The summed E-state index contributed by atoms with van der Waals surface area (Å²) in [7, 11) is -2.15. The van der Waals surface area contributed by atoms with Crippen LogP contribution in [0.5, 0.6) is 5.75 Å². The Labute approximate surface area is 218 Å². The molecule has 0 aliphatic carbocycles. The first-order chi connectivity index (χ1) is 17.7. The molecule has 1 saturated heterocycles. The zero-order valence-corrected chi connectivity index (χ0v) is 22.0. The molecule has 2 aliphatic heterocycles. The highest BCUT2D eigenvalue weighted by Gasteiger charge is 2.38. The average Bonchev–Trinajstić information content (AvgIpc) is 3.50. The highest BCUT2D eigenvalue weighted by molar-refractivity contribution is 7.90. The van der Waals surface area contributed by atoms with E-state index >= 15 is 0 Å². The van der Waals surface area contributed by atoms with Crippen LogP contribution in [-0.4, -0.2) is 55.9 Å². The van der Waals surface area contributed by atoms with E-state index in [0.29, 0.717) is 43.2 Å². The highest BCUT2D eigenvalue weighted by Crippen LogP contribution is 2.28. The molecule has 0 saturated carbocycles. The second kappa shape index (κ2) is 10.2. The van der Waals surface area contributed by atoms with Crippen LogP contribution in [0.3, 0.4) is 0 Å². The fourth-order valence-corrected chi connectivity index (χ4v) is 6.05. The summed E-state index contributed by atoms with van der Waals surface area (Å²) in [5.41, 5.74) is 5.06. The molecule has 3 aromatic rings. The van der Waals surface area contributed by atoms with E-state index in [-0.39, 0.29) is 18.1 Å². The van der Waals surface area contributed by atoms with E-state index in [9.17, 15) is 13.2 Å². The van der Waals surface area contributed by atoms with Crippen molar-refractivity contribution in [2.45, 2.75) is 39.1 Å². The fourth-order valence-electron chi connectivity index (χ4n) is 4.88. The summed E-state index contributed by atoms with van der Waals surface area (Å²) in [5.74, 6) is 0.445. The minimum atomic E-state index is -3.75. The summed E-state index contributed by atoms with van der Waals surface area (Å²) in [6, 6.07) is 20.4. The molecule has 2 heterocycles. The first kappa shape index (κ1) is 25.3. The van der Waals surface area contributed by atoms with Crippen LogP contribution in [0.15, 0.2) is 66.7 Å². The molecule has 1 amide bonds. The lowest BCUT2D eigenvalue weighted by atomic mass is 10.0. The van der Waals surface area contributed by atoms with Gasteiger partial charge in [-0.05, 0) is 48.7 Å². The summed E-state index contributed by atoms with van der Waals surface area (Å²) in [6.07, 6.45) is -0.698. The van der Waals surface area contributed by atoms with E-state index in [2.05, 4.69) is 4.72 Å². The second-order valence-corrected chi connectivity index (χ2v) is 11.3. The van der Waals surface area contributed by atoms with E-state index < -0.39 is 10.2 Å². The van der Waals surface area contributed by atoms with Gasteiger partial charge in [-0.2, -0.15) is 12.7 Å². The number of anilines is 1. The number of nitrogens with zero attached hydrogens (tertiary/aromatic N) is 2. The van der Waals surface area contributed by atoms with E-state index in [1.807, 2.05) is 56.3 Å². The molecule has 5 rings (SSSR count). The lowest BCUT2D eigenvalue weighted by Gasteiger charge is -2.20. The van der Waals surface area contributed by atoms with Crippen molar-refractivity contribution < 1.29 is 22.7 Å². The third-order valence-corrected chi connectivity index (χ3v) is 8.38. The number of aryl methyl sites for hydroxylation is 2. The normalized spacial score (nSPS) is 19.6. The van der Waals surface area contributed by atoms with Crippen molar-refractivity contribution in [2.75, 3.05) is 24.9 Å². The maximum Gasteiger partial charge on any atom is 0.302 e. The first-order valence-electron chi connectivity index (χ1n) is 12.2. The standard InChI is InChI=1S/C28H31N3O5S/c1-19-11-12-20(2)25(13-19)28(32)30-17-26(35-3)27(18-30)36-24-10-6-9-23(14-24)29-37(33,34)31-15-21-7-4-5-8-22(21)16-31/h4-14,26-27,29H,15-18H2,1-3H3. The minimum absolute atomic E-state index is 0.0533. The molecule has 194 valence electrons. The summed E-state index contributed by atoms with van der Waals surface area (Å²) in [4.78, 5) is 15.0. The quantitative estimate of drug-likeness (QED) is 0.510. The summed E-state index contributed by atoms with van der Waals surface area (Å²) in [6.45, 7) is 5.35. The van der Waals surface area contributed by atoms with Crippen molar-refractivity contribution in [1.29, 1.82) is 0 Å². The van der Waals surface area contributed by atoms with Crippen LogP contribution in [0.4, 0.5) is 5.69 Å². The number of hydrogen-bond acceptors (Lipinski definition) is 5.